The SMILES string of the molecule is Cc1cc(C(=O)NC2(c3ccc4c(c3)OCCO4)CCCC2)on1. The van der Waals surface area contributed by atoms with E-state index in [1.807, 2.05) is 18.2 Å². The van der Waals surface area contributed by atoms with Crippen LogP contribution in [-0.4, -0.2) is 24.3 Å². The maximum absolute atomic E-state index is 12.6. The Bertz CT molecular complexity index is 762. The molecule has 1 aliphatic carbocycles. The number of aromatic nitrogens is 1. The van der Waals surface area contributed by atoms with Crippen molar-refractivity contribution in [2.24, 2.45) is 0 Å². The maximum Gasteiger partial charge on any atom is 0.290 e. The van der Waals surface area contributed by atoms with Gasteiger partial charge in [0.2, 0.25) is 5.76 Å². The first-order valence-electron chi connectivity index (χ1n) is 8.32. The molecule has 1 fully saturated rings. The van der Waals surface area contributed by atoms with Crippen LogP contribution in [-0.2, 0) is 5.54 Å². The lowest BCUT2D eigenvalue weighted by atomic mass is 9.87. The summed E-state index contributed by atoms with van der Waals surface area (Å²) in [7, 11) is 0. The smallest absolute Gasteiger partial charge is 0.290 e. The highest BCUT2D eigenvalue weighted by atomic mass is 16.6. The Labute approximate surface area is 140 Å². The normalized spacial score (nSPS) is 18.4. The molecule has 1 aliphatic heterocycles. The highest BCUT2D eigenvalue weighted by Gasteiger charge is 2.38. The van der Waals surface area contributed by atoms with E-state index in [-0.39, 0.29) is 11.7 Å². The number of hydrogen-bond acceptors (Lipinski definition) is 5. The lowest BCUT2D eigenvalue weighted by molar-refractivity contribution is 0.0859. The summed E-state index contributed by atoms with van der Waals surface area (Å²) in [5, 5.41) is 6.97. The van der Waals surface area contributed by atoms with Crippen molar-refractivity contribution in [3.8, 4) is 11.5 Å². The molecule has 126 valence electrons. The number of hydrogen-bond donors (Lipinski definition) is 1. The molecule has 6 heteroatoms. The quantitative estimate of drug-likeness (QED) is 0.938. The van der Waals surface area contributed by atoms with Crippen LogP contribution in [0.1, 0.15) is 47.5 Å². The van der Waals surface area contributed by atoms with Crippen molar-refractivity contribution in [3.63, 3.8) is 0 Å². The first-order chi connectivity index (χ1) is 11.7. The average Bonchev–Trinajstić information content (AvgIpc) is 3.24. The lowest BCUT2D eigenvalue weighted by Gasteiger charge is -2.31. The van der Waals surface area contributed by atoms with Gasteiger partial charge in [-0.15, -0.1) is 0 Å². The number of rotatable bonds is 3. The van der Waals surface area contributed by atoms with Gasteiger partial charge in [-0.1, -0.05) is 24.1 Å². The number of carbonyl (C=O) groups excluding carboxylic acids is 1. The third-order valence-electron chi connectivity index (χ3n) is 4.76. The molecule has 24 heavy (non-hydrogen) atoms. The summed E-state index contributed by atoms with van der Waals surface area (Å²) >= 11 is 0. The molecule has 4 rings (SSSR count). The Balaban J connectivity index is 1.64. The van der Waals surface area contributed by atoms with E-state index in [4.69, 9.17) is 14.0 Å². The highest BCUT2D eigenvalue weighted by molar-refractivity contribution is 5.92. The van der Waals surface area contributed by atoms with Gasteiger partial charge in [0.05, 0.1) is 11.2 Å². The third-order valence-corrected chi connectivity index (χ3v) is 4.76. The van der Waals surface area contributed by atoms with Crippen molar-refractivity contribution in [1.82, 2.24) is 10.5 Å². The van der Waals surface area contributed by atoms with Crippen LogP contribution in [0.3, 0.4) is 0 Å². The van der Waals surface area contributed by atoms with Gasteiger partial charge in [-0.2, -0.15) is 0 Å². The molecule has 1 amide bonds. The first-order valence-corrected chi connectivity index (χ1v) is 8.32. The van der Waals surface area contributed by atoms with Crippen molar-refractivity contribution in [2.75, 3.05) is 13.2 Å². The minimum atomic E-state index is -0.395. The van der Waals surface area contributed by atoms with E-state index in [1.165, 1.54) is 0 Å². The second-order valence-corrected chi connectivity index (χ2v) is 6.43. The summed E-state index contributed by atoms with van der Waals surface area (Å²) in [6.45, 7) is 2.92. The summed E-state index contributed by atoms with van der Waals surface area (Å²) in [4.78, 5) is 12.6. The van der Waals surface area contributed by atoms with Crippen LogP contribution in [0.25, 0.3) is 0 Å². The maximum atomic E-state index is 12.6. The van der Waals surface area contributed by atoms with Gasteiger partial charge in [-0.3, -0.25) is 4.79 Å². The van der Waals surface area contributed by atoms with E-state index in [9.17, 15) is 4.79 Å². The van der Waals surface area contributed by atoms with Crippen LogP contribution in [0.5, 0.6) is 11.5 Å². The van der Waals surface area contributed by atoms with Gasteiger partial charge in [-0.05, 0) is 37.5 Å². The fraction of sp³-hybridized carbons (Fsp3) is 0.444. The van der Waals surface area contributed by atoms with E-state index < -0.39 is 5.54 Å². The number of ether oxygens (including phenoxy) is 2. The molecule has 0 radical (unpaired) electrons. The predicted octanol–water partition coefficient (Wildman–Crippen LogP) is 2.95. The fourth-order valence-corrected chi connectivity index (χ4v) is 3.55. The monoisotopic (exact) mass is 328 g/mol. The molecule has 0 spiro atoms. The molecule has 1 aromatic carbocycles. The lowest BCUT2D eigenvalue weighted by Crippen LogP contribution is -2.43. The number of aryl methyl sites for hydroxylation is 1. The van der Waals surface area contributed by atoms with Crippen LogP contribution >= 0.6 is 0 Å². The van der Waals surface area contributed by atoms with E-state index in [0.717, 1.165) is 42.7 Å². The number of fused-ring (bicyclic) bond motifs is 1. The zero-order valence-electron chi connectivity index (χ0n) is 13.6. The van der Waals surface area contributed by atoms with E-state index >= 15 is 0 Å². The topological polar surface area (TPSA) is 73.6 Å². The van der Waals surface area contributed by atoms with Crippen LogP contribution in [0.4, 0.5) is 0 Å². The van der Waals surface area contributed by atoms with Gasteiger partial charge in [0.1, 0.15) is 13.2 Å². The number of benzene rings is 1. The van der Waals surface area contributed by atoms with Crippen molar-refractivity contribution < 1.29 is 18.8 Å². The largest absolute Gasteiger partial charge is 0.486 e. The van der Waals surface area contributed by atoms with Crippen molar-refractivity contribution in [1.29, 1.82) is 0 Å². The predicted molar refractivity (Wildman–Crippen MR) is 86.3 cm³/mol. The Morgan fingerprint density at radius 1 is 1.12 bits per heavy atom. The zero-order valence-corrected chi connectivity index (χ0v) is 13.6. The van der Waals surface area contributed by atoms with Gasteiger partial charge in [0.25, 0.3) is 5.91 Å². The third kappa shape index (κ3) is 2.62. The molecule has 2 aliphatic rings. The van der Waals surface area contributed by atoms with Crippen LogP contribution in [0.2, 0.25) is 0 Å². The Kier molecular flexibility index (Phi) is 3.67. The summed E-state index contributed by atoms with van der Waals surface area (Å²) in [6.07, 6.45) is 3.94. The molecule has 1 N–H and O–H groups in total. The molecular weight excluding hydrogens is 308 g/mol. The van der Waals surface area contributed by atoms with Gasteiger partial charge < -0.3 is 19.3 Å². The highest BCUT2D eigenvalue weighted by Crippen LogP contribution is 2.42. The molecule has 0 unspecified atom stereocenters. The van der Waals surface area contributed by atoms with E-state index in [1.54, 1.807) is 13.0 Å². The van der Waals surface area contributed by atoms with Gasteiger partial charge >= 0.3 is 0 Å². The standard InChI is InChI=1S/C18H20N2O4/c1-12-10-16(24-20-12)17(21)19-18(6-2-3-7-18)13-4-5-14-15(11-13)23-9-8-22-14/h4-5,10-11H,2-3,6-9H2,1H3,(H,19,21). The number of carbonyl (C=O) groups is 1. The summed E-state index contributed by atoms with van der Waals surface area (Å²) in [5.41, 5.74) is 1.35. The first kappa shape index (κ1) is 15.1. The number of amides is 1. The summed E-state index contributed by atoms with van der Waals surface area (Å²) in [5.74, 6) is 1.52. The molecule has 2 aromatic rings. The summed E-state index contributed by atoms with van der Waals surface area (Å²) < 4.78 is 16.4. The van der Waals surface area contributed by atoms with E-state index in [2.05, 4.69) is 10.5 Å². The van der Waals surface area contributed by atoms with Gasteiger partial charge in [0, 0.05) is 6.07 Å². The average molecular weight is 328 g/mol. The molecule has 1 aromatic heterocycles. The number of nitrogens with zero attached hydrogens (tertiary/aromatic N) is 1. The van der Waals surface area contributed by atoms with Gasteiger partial charge in [-0.25, -0.2) is 0 Å². The second kappa shape index (κ2) is 5.85. The minimum Gasteiger partial charge on any atom is -0.486 e. The van der Waals surface area contributed by atoms with Crippen LogP contribution < -0.4 is 14.8 Å². The molecule has 0 atom stereocenters. The Morgan fingerprint density at radius 2 is 1.88 bits per heavy atom. The molecule has 0 saturated heterocycles. The van der Waals surface area contributed by atoms with Gasteiger partial charge in [0.15, 0.2) is 11.5 Å². The Morgan fingerprint density at radius 3 is 2.58 bits per heavy atom. The minimum absolute atomic E-state index is 0.229. The van der Waals surface area contributed by atoms with Crippen LogP contribution in [0.15, 0.2) is 28.8 Å². The zero-order chi connectivity index (χ0) is 16.6. The van der Waals surface area contributed by atoms with E-state index in [0.29, 0.717) is 18.9 Å². The summed E-state index contributed by atoms with van der Waals surface area (Å²) in [6, 6.07) is 7.59. The van der Waals surface area contributed by atoms with Crippen LogP contribution in [0, 0.1) is 6.92 Å². The van der Waals surface area contributed by atoms with Crippen molar-refractivity contribution >= 4 is 5.91 Å². The molecule has 2 heterocycles. The molecule has 1 saturated carbocycles. The fourth-order valence-electron chi connectivity index (χ4n) is 3.55. The van der Waals surface area contributed by atoms with Crippen molar-refractivity contribution in [3.05, 3.63) is 41.3 Å². The second-order valence-electron chi connectivity index (χ2n) is 6.43. The Hall–Kier alpha value is -2.50. The molecular formula is C18H20N2O4. The van der Waals surface area contributed by atoms with Crippen molar-refractivity contribution in [2.45, 2.75) is 38.1 Å². The molecule has 6 nitrogen and oxygen atoms in total. The molecule has 0 bridgehead atoms. The number of nitrogens with one attached hydrogen (secondary N) is 1.